The number of hydrogen-bond donors (Lipinski definition) is 4. The van der Waals surface area contributed by atoms with Gasteiger partial charge in [0.15, 0.2) is 12.3 Å². The maximum absolute atomic E-state index is 14.1. The molecule has 2 fully saturated rings. The normalized spacial score (nSPS) is 16.9. The second-order valence-electron chi connectivity index (χ2n) is 10.6. The molecule has 0 saturated carbocycles. The molecule has 4 rings (SSSR count). The van der Waals surface area contributed by atoms with Crippen molar-refractivity contribution in [3.05, 3.63) is 41.8 Å². The van der Waals surface area contributed by atoms with E-state index in [2.05, 4.69) is 15.7 Å². The molecule has 5 amide bonds. The van der Waals surface area contributed by atoms with Crippen LogP contribution in [0, 0.1) is 5.82 Å². The number of alkyl halides is 2. The lowest BCUT2D eigenvalue weighted by atomic mass is 10.1. The second kappa shape index (κ2) is 15.3. The third kappa shape index (κ3) is 8.88. The first-order chi connectivity index (χ1) is 22.3. The summed E-state index contributed by atoms with van der Waals surface area (Å²) in [4.78, 5) is 78.0. The van der Waals surface area contributed by atoms with E-state index in [9.17, 15) is 47.0 Å². The molecule has 0 spiro atoms. The molecular formula is C28H32F3N7O9. The van der Waals surface area contributed by atoms with Crippen molar-refractivity contribution in [2.45, 2.75) is 37.8 Å². The molecule has 4 N–H and O–H groups in total. The number of amides is 5. The van der Waals surface area contributed by atoms with Gasteiger partial charge in [-0.2, -0.15) is 5.10 Å². The van der Waals surface area contributed by atoms with E-state index < -0.39 is 79.6 Å². The third-order valence-electron chi connectivity index (χ3n) is 7.46. The minimum Gasteiger partial charge on any atom is -0.481 e. The van der Waals surface area contributed by atoms with E-state index in [0.29, 0.717) is 6.42 Å². The Hall–Kier alpha value is -5.36. The minimum absolute atomic E-state index is 0.00910. The van der Waals surface area contributed by atoms with Crippen LogP contribution in [0.3, 0.4) is 0 Å². The van der Waals surface area contributed by atoms with Crippen molar-refractivity contribution in [2.75, 3.05) is 45.9 Å². The lowest BCUT2D eigenvalue weighted by Gasteiger charge is -2.35. The van der Waals surface area contributed by atoms with Crippen LogP contribution in [-0.4, -0.2) is 135 Å². The van der Waals surface area contributed by atoms with Gasteiger partial charge in [0.2, 0.25) is 17.7 Å². The van der Waals surface area contributed by atoms with Crippen LogP contribution in [0.5, 0.6) is 5.88 Å². The topological polar surface area (TPSA) is 204 Å². The summed E-state index contributed by atoms with van der Waals surface area (Å²) < 4.78 is 45.8. The Morgan fingerprint density at radius 1 is 1.00 bits per heavy atom. The zero-order valence-corrected chi connectivity index (χ0v) is 24.8. The highest BCUT2D eigenvalue weighted by atomic mass is 19.3. The SMILES string of the molecule is O=C(O)C[C@H](NC(=O)c1cc(OCC(=O)N2CCC[C@H]2C(=O)NCC(F)F)n(-c2cccc(F)c2)n1)C(=O)N1CCN(C(=O)O)CC1. The number of halogens is 3. The first-order valence-electron chi connectivity index (χ1n) is 14.5. The second-order valence-corrected chi connectivity index (χ2v) is 10.6. The standard InChI is InChI=1S/C28H32F3N7O9/c29-16-3-1-4-17(11-16)38-23(47-15-22(39)37-6-2-5-20(37)26(43)32-14-21(30)31)12-18(34-38)25(42)33-19(13-24(40)41)27(44)35-7-9-36(10-8-35)28(45)46/h1,3-4,11-12,19-21H,2,5-10,13-15H2,(H,32,43)(H,33,42)(H,40,41)(H,45,46)/t19-,20-/m0/s1. The van der Waals surface area contributed by atoms with Gasteiger partial charge in [-0.25, -0.2) is 22.6 Å². The summed E-state index contributed by atoms with van der Waals surface area (Å²) in [7, 11) is 0. The van der Waals surface area contributed by atoms with Crippen molar-refractivity contribution in [3.63, 3.8) is 0 Å². The first-order valence-corrected chi connectivity index (χ1v) is 14.5. The molecule has 47 heavy (non-hydrogen) atoms. The smallest absolute Gasteiger partial charge is 0.407 e. The van der Waals surface area contributed by atoms with Crippen molar-refractivity contribution < 1.29 is 56.9 Å². The molecule has 2 saturated heterocycles. The fourth-order valence-electron chi connectivity index (χ4n) is 5.17. The van der Waals surface area contributed by atoms with E-state index in [1.54, 1.807) is 0 Å². The van der Waals surface area contributed by atoms with Gasteiger partial charge in [-0.15, -0.1) is 0 Å². The Morgan fingerprint density at radius 3 is 2.34 bits per heavy atom. The van der Waals surface area contributed by atoms with Crippen LogP contribution in [-0.2, 0) is 19.2 Å². The Bertz CT molecular complexity index is 1510. The molecule has 0 bridgehead atoms. The number of hydrogen-bond acceptors (Lipinski definition) is 8. The lowest BCUT2D eigenvalue weighted by Crippen LogP contribution is -2.56. The number of likely N-dealkylation sites (tertiary alicyclic amines) is 1. The number of carbonyl (C=O) groups is 6. The van der Waals surface area contributed by atoms with Gasteiger partial charge < -0.3 is 40.3 Å². The highest BCUT2D eigenvalue weighted by Crippen LogP contribution is 2.23. The van der Waals surface area contributed by atoms with Gasteiger partial charge in [-0.05, 0) is 31.0 Å². The summed E-state index contributed by atoms with van der Waals surface area (Å²) >= 11 is 0. The molecule has 0 unspecified atom stereocenters. The largest absolute Gasteiger partial charge is 0.481 e. The third-order valence-corrected chi connectivity index (χ3v) is 7.46. The summed E-state index contributed by atoms with van der Waals surface area (Å²) in [6.45, 7) is -1.45. The number of nitrogens with one attached hydrogen (secondary N) is 2. The van der Waals surface area contributed by atoms with Crippen LogP contribution in [0.2, 0.25) is 0 Å². The fourth-order valence-corrected chi connectivity index (χ4v) is 5.17. The summed E-state index contributed by atoms with van der Waals surface area (Å²) in [5.41, 5.74) is -0.313. The predicted octanol–water partition coefficient (Wildman–Crippen LogP) is 0.158. The van der Waals surface area contributed by atoms with Gasteiger partial charge in [-0.1, -0.05) is 6.07 Å². The molecule has 0 aliphatic carbocycles. The number of aliphatic carboxylic acids is 1. The van der Waals surface area contributed by atoms with Gasteiger partial charge in [-0.3, -0.25) is 24.0 Å². The van der Waals surface area contributed by atoms with Crippen LogP contribution in [0.1, 0.15) is 29.8 Å². The Kier molecular flexibility index (Phi) is 11.2. The van der Waals surface area contributed by atoms with Crippen molar-refractivity contribution in [1.82, 2.24) is 35.1 Å². The number of carboxylic acids is 1. The van der Waals surface area contributed by atoms with E-state index in [-0.39, 0.29) is 56.4 Å². The first kappa shape index (κ1) is 34.5. The highest BCUT2D eigenvalue weighted by molar-refractivity contribution is 5.97. The monoisotopic (exact) mass is 667 g/mol. The average molecular weight is 668 g/mol. The predicted molar refractivity (Wildman–Crippen MR) is 152 cm³/mol. The fraction of sp³-hybridized carbons (Fsp3) is 0.464. The van der Waals surface area contributed by atoms with Gasteiger partial charge in [0.1, 0.15) is 17.9 Å². The molecule has 2 aliphatic heterocycles. The van der Waals surface area contributed by atoms with Gasteiger partial charge >= 0.3 is 12.1 Å². The average Bonchev–Trinajstić information content (AvgIpc) is 3.70. The van der Waals surface area contributed by atoms with Gasteiger partial charge in [0, 0.05) is 38.8 Å². The van der Waals surface area contributed by atoms with E-state index in [4.69, 9.17) is 9.84 Å². The quantitative estimate of drug-likeness (QED) is 0.241. The zero-order chi connectivity index (χ0) is 34.2. The number of piperazine rings is 1. The van der Waals surface area contributed by atoms with Crippen molar-refractivity contribution in [2.24, 2.45) is 0 Å². The van der Waals surface area contributed by atoms with Crippen LogP contribution < -0.4 is 15.4 Å². The Labute approximate surface area is 265 Å². The van der Waals surface area contributed by atoms with Crippen molar-refractivity contribution in [1.29, 1.82) is 0 Å². The number of benzene rings is 1. The number of carbonyl (C=O) groups excluding carboxylic acids is 4. The summed E-state index contributed by atoms with van der Waals surface area (Å²) in [5, 5.41) is 27.1. The number of nitrogens with zero attached hydrogens (tertiary/aromatic N) is 5. The molecule has 1 aromatic carbocycles. The maximum atomic E-state index is 14.1. The highest BCUT2D eigenvalue weighted by Gasteiger charge is 2.35. The lowest BCUT2D eigenvalue weighted by molar-refractivity contribution is -0.143. The minimum atomic E-state index is -2.77. The molecule has 2 aliphatic rings. The zero-order valence-electron chi connectivity index (χ0n) is 24.8. The van der Waals surface area contributed by atoms with Crippen LogP contribution in [0.25, 0.3) is 5.69 Å². The molecule has 19 heteroatoms. The van der Waals surface area contributed by atoms with Crippen LogP contribution >= 0.6 is 0 Å². The number of rotatable bonds is 12. The van der Waals surface area contributed by atoms with E-state index in [1.807, 2.05) is 0 Å². The molecule has 0 radical (unpaired) electrons. The van der Waals surface area contributed by atoms with Crippen LogP contribution in [0.15, 0.2) is 30.3 Å². The summed E-state index contributed by atoms with van der Waals surface area (Å²) in [5.74, 6) is -5.47. The number of carboxylic acid groups (broad SMARTS) is 2. The number of ether oxygens (including phenoxy) is 1. The van der Waals surface area contributed by atoms with E-state index in [0.717, 1.165) is 27.8 Å². The van der Waals surface area contributed by atoms with E-state index in [1.165, 1.54) is 21.9 Å². The molecule has 1 aromatic heterocycles. The van der Waals surface area contributed by atoms with E-state index >= 15 is 0 Å². The summed E-state index contributed by atoms with van der Waals surface area (Å²) in [6, 6.07) is 3.51. The van der Waals surface area contributed by atoms with Crippen LogP contribution in [0.4, 0.5) is 18.0 Å². The maximum Gasteiger partial charge on any atom is 0.407 e. The Balaban J connectivity index is 1.51. The van der Waals surface area contributed by atoms with Crippen molar-refractivity contribution >= 4 is 35.7 Å². The molecule has 3 heterocycles. The molecular weight excluding hydrogens is 635 g/mol. The molecule has 2 atom stereocenters. The molecule has 2 aromatic rings. The number of aromatic nitrogens is 2. The molecule has 254 valence electrons. The van der Waals surface area contributed by atoms with Gasteiger partial charge in [0.05, 0.1) is 18.7 Å². The van der Waals surface area contributed by atoms with Crippen molar-refractivity contribution in [3.8, 4) is 11.6 Å². The summed E-state index contributed by atoms with van der Waals surface area (Å²) in [6.07, 6.45) is -4.05. The Morgan fingerprint density at radius 2 is 1.70 bits per heavy atom. The molecule has 16 nitrogen and oxygen atoms in total. The van der Waals surface area contributed by atoms with Gasteiger partial charge in [0.25, 0.3) is 18.2 Å².